The van der Waals surface area contributed by atoms with E-state index in [9.17, 15) is 22.8 Å². The summed E-state index contributed by atoms with van der Waals surface area (Å²) in [6.45, 7) is 2.87. The van der Waals surface area contributed by atoms with E-state index in [-0.39, 0.29) is 32.1 Å². The van der Waals surface area contributed by atoms with Crippen molar-refractivity contribution in [3.63, 3.8) is 0 Å². The summed E-state index contributed by atoms with van der Waals surface area (Å²) in [4.78, 5) is 25.5. The highest BCUT2D eigenvalue weighted by molar-refractivity contribution is 5.82. The van der Waals surface area contributed by atoms with Gasteiger partial charge in [-0.25, -0.2) is 9.59 Å². The molecule has 122 valence electrons. The summed E-state index contributed by atoms with van der Waals surface area (Å²) in [5.41, 5.74) is 0. The van der Waals surface area contributed by atoms with Gasteiger partial charge in [0.15, 0.2) is 0 Å². The lowest BCUT2D eigenvalue weighted by molar-refractivity contribution is -0.148. The van der Waals surface area contributed by atoms with E-state index in [2.05, 4.69) is 5.32 Å². The molecule has 1 aliphatic rings. The van der Waals surface area contributed by atoms with Gasteiger partial charge in [-0.15, -0.1) is 0 Å². The number of amides is 2. The average molecular weight is 311 g/mol. The van der Waals surface area contributed by atoms with Gasteiger partial charge < -0.3 is 15.3 Å². The molecule has 0 unspecified atom stereocenters. The van der Waals surface area contributed by atoms with Crippen LogP contribution >= 0.6 is 0 Å². The molecule has 1 heterocycles. The minimum atomic E-state index is -4.25. The average Bonchev–Trinajstić information content (AvgIpc) is 2.33. The zero-order chi connectivity index (χ0) is 16.2. The van der Waals surface area contributed by atoms with Gasteiger partial charge in [0.05, 0.1) is 6.54 Å². The number of hydrogen-bond acceptors (Lipinski definition) is 3. The summed E-state index contributed by atoms with van der Waals surface area (Å²) >= 11 is 0. The van der Waals surface area contributed by atoms with Crippen molar-refractivity contribution in [1.29, 1.82) is 0 Å². The Morgan fingerprint density at radius 1 is 1.19 bits per heavy atom. The van der Waals surface area contributed by atoms with E-state index in [4.69, 9.17) is 5.11 Å². The monoisotopic (exact) mass is 311 g/mol. The van der Waals surface area contributed by atoms with Crippen molar-refractivity contribution in [3.8, 4) is 0 Å². The maximum absolute atomic E-state index is 12.2. The molecule has 0 saturated carbocycles. The largest absolute Gasteiger partial charge is 0.480 e. The Balaban J connectivity index is 2.46. The maximum Gasteiger partial charge on any atom is 0.401 e. The van der Waals surface area contributed by atoms with Gasteiger partial charge in [-0.2, -0.15) is 13.2 Å². The Hall–Kier alpha value is -1.51. The third-order valence-corrected chi connectivity index (χ3v) is 3.27. The lowest BCUT2D eigenvalue weighted by atomic mass is 10.1. The molecule has 6 nitrogen and oxygen atoms in total. The van der Waals surface area contributed by atoms with Gasteiger partial charge in [-0.3, -0.25) is 4.90 Å². The number of carboxylic acids is 1. The minimum Gasteiger partial charge on any atom is -0.480 e. The number of carbonyl (C=O) groups excluding carboxylic acids is 1. The van der Waals surface area contributed by atoms with Gasteiger partial charge in [-0.1, -0.05) is 13.8 Å². The highest BCUT2D eigenvalue weighted by Gasteiger charge is 2.33. The SMILES string of the molecule is CC(C)[C@H](NC(=O)N1CCN(CC(F)(F)F)CC1)C(=O)O. The molecular formula is C12H20F3N3O3. The molecule has 0 radical (unpaired) electrons. The van der Waals surface area contributed by atoms with E-state index in [1.165, 1.54) is 9.80 Å². The van der Waals surface area contributed by atoms with E-state index in [1.54, 1.807) is 13.8 Å². The standard InChI is InChI=1S/C12H20F3N3O3/c1-8(2)9(10(19)20)16-11(21)18-5-3-17(4-6-18)7-12(13,14)15/h8-9H,3-7H2,1-2H3,(H,16,21)(H,19,20)/t9-/m0/s1. The van der Waals surface area contributed by atoms with Gasteiger partial charge in [0.25, 0.3) is 0 Å². The lowest BCUT2D eigenvalue weighted by Crippen LogP contribution is -2.56. The zero-order valence-corrected chi connectivity index (χ0v) is 12.0. The number of nitrogens with one attached hydrogen (secondary N) is 1. The molecule has 0 aliphatic carbocycles. The van der Waals surface area contributed by atoms with Crippen LogP contribution < -0.4 is 5.32 Å². The molecule has 2 N–H and O–H groups in total. The van der Waals surface area contributed by atoms with Crippen molar-refractivity contribution in [2.45, 2.75) is 26.1 Å². The number of hydrogen-bond donors (Lipinski definition) is 2. The summed E-state index contributed by atoms with van der Waals surface area (Å²) in [7, 11) is 0. The Kier molecular flexibility index (Phi) is 5.82. The van der Waals surface area contributed by atoms with Crippen LogP contribution in [-0.4, -0.2) is 71.8 Å². The van der Waals surface area contributed by atoms with Crippen LogP contribution in [0, 0.1) is 5.92 Å². The van der Waals surface area contributed by atoms with E-state index < -0.39 is 30.8 Å². The molecule has 9 heteroatoms. The first-order valence-electron chi connectivity index (χ1n) is 6.67. The molecular weight excluding hydrogens is 291 g/mol. The molecule has 1 rings (SSSR count). The van der Waals surface area contributed by atoms with Gasteiger partial charge in [0.2, 0.25) is 0 Å². The Morgan fingerprint density at radius 2 is 1.71 bits per heavy atom. The predicted molar refractivity (Wildman–Crippen MR) is 68.9 cm³/mol. The number of urea groups is 1. The number of piperazine rings is 1. The van der Waals surface area contributed by atoms with Crippen molar-refractivity contribution in [2.24, 2.45) is 5.92 Å². The first-order valence-corrected chi connectivity index (χ1v) is 6.67. The molecule has 1 saturated heterocycles. The Morgan fingerprint density at radius 3 is 2.10 bits per heavy atom. The van der Waals surface area contributed by atoms with Crippen LogP contribution in [0.1, 0.15) is 13.8 Å². The molecule has 1 aliphatic heterocycles. The van der Waals surface area contributed by atoms with Crippen LogP contribution in [0.25, 0.3) is 0 Å². The first kappa shape index (κ1) is 17.5. The Bertz CT molecular complexity index is 380. The summed E-state index contributed by atoms with van der Waals surface area (Å²) in [6, 6.07) is -1.56. The summed E-state index contributed by atoms with van der Waals surface area (Å²) in [5.74, 6) is -1.41. The molecule has 2 amide bonds. The maximum atomic E-state index is 12.2. The second kappa shape index (κ2) is 6.97. The number of carbonyl (C=O) groups is 2. The molecule has 0 aromatic carbocycles. The summed E-state index contributed by atoms with van der Waals surface area (Å²) in [5, 5.41) is 11.4. The zero-order valence-electron chi connectivity index (χ0n) is 12.0. The lowest BCUT2D eigenvalue weighted by Gasteiger charge is -2.35. The summed E-state index contributed by atoms with van der Waals surface area (Å²) < 4.78 is 36.7. The van der Waals surface area contributed by atoms with E-state index in [0.29, 0.717) is 0 Å². The second-order valence-electron chi connectivity index (χ2n) is 5.39. The second-order valence-corrected chi connectivity index (χ2v) is 5.39. The number of alkyl halides is 3. The van der Waals surface area contributed by atoms with Gasteiger partial charge in [-0.05, 0) is 5.92 Å². The third kappa shape index (κ3) is 5.78. The van der Waals surface area contributed by atoms with Crippen molar-refractivity contribution >= 4 is 12.0 Å². The first-order chi connectivity index (χ1) is 9.60. The molecule has 21 heavy (non-hydrogen) atoms. The number of nitrogens with zero attached hydrogens (tertiary/aromatic N) is 2. The molecule has 1 fully saturated rings. The van der Waals surface area contributed by atoms with E-state index in [1.807, 2.05) is 0 Å². The van der Waals surface area contributed by atoms with Crippen molar-refractivity contribution in [3.05, 3.63) is 0 Å². The molecule has 0 aromatic rings. The molecule has 0 aromatic heterocycles. The van der Waals surface area contributed by atoms with E-state index >= 15 is 0 Å². The fourth-order valence-electron chi connectivity index (χ4n) is 2.10. The van der Waals surface area contributed by atoms with Crippen LogP contribution in [0.2, 0.25) is 0 Å². The van der Waals surface area contributed by atoms with E-state index in [0.717, 1.165) is 0 Å². The van der Waals surface area contributed by atoms with Gasteiger partial charge in [0.1, 0.15) is 6.04 Å². The van der Waals surface area contributed by atoms with Crippen molar-refractivity contribution in [2.75, 3.05) is 32.7 Å². The number of aliphatic carboxylic acids is 1. The molecule has 0 bridgehead atoms. The van der Waals surface area contributed by atoms with Crippen molar-refractivity contribution in [1.82, 2.24) is 15.1 Å². The smallest absolute Gasteiger partial charge is 0.401 e. The van der Waals surface area contributed by atoms with Gasteiger partial charge in [0, 0.05) is 26.2 Å². The normalized spacial score (nSPS) is 18.7. The number of rotatable bonds is 4. The van der Waals surface area contributed by atoms with Crippen LogP contribution in [0.15, 0.2) is 0 Å². The van der Waals surface area contributed by atoms with Crippen LogP contribution in [-0.2, 0) is 4.79 Å². The quantitative estimate of drug-likeness (QED) is 0.812. The highest BCUT2D eigenvalue weighted by atomic mass is 19.4. The Labute approximate surface area is 120 Å². The third-order valence-electron chi connectivity index (χ3n) is 3.27. The van der Waals surface area contributed by atoms with Crippen molar-refractivity contribution < 1.29 is 27.9 Å². The molecule has 1 atom stereocenters. The topological polar surface area (TPSA) is 72.9 Å². The summed E-state index contributed by atoms with van der Waals surface area (Å²) in [6.07, 6.45) is -4.25. The fourth-order valence-corrected chi connectivity index (χ4v) is 2.10. The van der Waals surface area contributed by atoms with Gasteiger partial charge >= 0.3 is 18.2 Å². The number of carboxylic acid groups (broad SMARTS) is 1. The minimum absolute atomic E-state index is 0.117. The number of halogens is 3. The van der Waals surface area contributed by atoms with Crippen LogP contribution in [0.5, 0.6) is 0 Å². The highest BCUT2D eigenvalue weighted by Crippen LogP contribution is 2.17. The van der Waals surface area contributed by atoms with Crippen LogP contribution in [0.4, 0.5) is 18.0 Å². The predicted octanol–water partition coefficient (Wildman–Crippen LogP) is 0.985. The fraction of sp³-hybridized carbons (Fsp3) is 0.833. The molecule has 0 spiro atoms. The van der Waals surface area contributed by atoms with Crippen LogP contribution in [0.3, 0.4) is 0 Å².